The van der Waals surface area contributed by atoms with E-state index in [0.717, 1.165) is 24.4 Å². The quantitative estimate of drug-likeness (QED) is 0.729. The van der Waals surface area contributed by atoms with Gasteiger partial charge in [-0.25, -0.2) is 4.98 Å². The molecule has 0 amide bonds. The summed E-state index contributed by atoms with van der Waals surface area (Å²) in [7, 11) is 4.16. The third kappa shape index (κ3) is 2.98. The summed E-state index contributed by atoms with van der Waals surface area (Å²) in [5, 5.41) is 0. The summed E-state index contributed by atoms with van der Waals surface area (Å²) >= 11 is 0. The highest BCUT2D eigenvalue weighted by Gasteiger charge is 2.11. The molecule has 0 fully saturated rings. The van der Waals surface area contributed by atoms with Gasteiger partial charge in [-0.2, -0.15) is 0 Å². The molecule has 3 heteroatoms. The van der Waals surface area contributed by atoms with Crippen molar-refractivity contribution in [3.05, 3.63) is 65.5 Å². The van der Waals surface area contributed by atoms with Crippen molar-refractivity contribution in [3.63, 3.8) is 0 Å². The predicted molar refractivity (Wildman–Crippen MR) is 87.4 cm³/mol. The van der Waals surface area contributed by atoms with Gasteiger partial charge < -0.3 is 9.47 Å². The topological polar surface area (TPSA) is 21.1 Å². The number of hydrogen-bond acceptors (Lipinski definition) is 2. The summed E-state index contributed by atoms with van der Waals surface area (Å²) in [6, 6.07) is 17.1. The molecule has 3 rings (SSSR count). The molecule has 0 saturated heterocycles. The molecule has 0 aliphatic rings. The fourth-order valence-electron chi connectivity index (χ4n) is 2.58. The first-order valence-electron chi connectivity index (χ1n) is 7.28. The molecule has 0 aliphatic carbocycles. The number of fused-ring (bicyclic) bond motifs is 1. The lowest BCUT2D eigenvalue weighted by molar-refractivity contribution is 0.384. The van der Waals surface area contributed by atoms with Crippen molar-refractivity contribution >= 4 is 11.0 Å². The van der Waals surface area contributed by atoms with Gasteiger partial charge >= 0.3 is 0 Å². The van der Waals surface area contributed by atoms with E-state index in [2.05, 4.69) is 73.0 Å². The molecule has 3 aromatic rings. The lowest BCUT2D eigenvalue weighted by Crippen LogP contribution is -2.16. The Morgan fingerprint density at radius 3 is 2.43 bits per heavy atom. The number of benzene rings is 2. The number of aryl methyl sites for hydroxylation is 1. The van der Waals surface area contributed by atoms with Crippen LogP contribution in [0.2, 0.25) is 0 Å². The molecule has 0 atom stereocenters. The average Bonchev–Trinajstić information content (AvgIpc) is 2.78. The van der Waals surface area contributed by atoms with E-state index in [9.17, 15) is 0 Å². The third-order valence-corrected chi connectivity index (χ3v) is 3.65. The van der Waals surface area contributed by atoms with Crippen LogP contribution in [0.1, 0.15) is 17.0 Å². The van der Waals surface area contributed by atoms with E-state index in [4.69, 9.17) is 4.98 Å². The monoisotopic (exact) mass is 279 g/mol. The largest absolute Gasteiger partial charge is 0.322 e. The molecule has 0 unspecified atom stereocenters. The molecule has 0 saturated carbocycles. The molecule has 1 heterocycles. The highest BCUT2D eigenvalue weighted by Crippen LogP contribution is 2.19. The van der Waals surface area contributed by atoms with Crippen LogP contribution in [0, 0.1) is 6.92 Å². The molecule has 0 aliphatic heterocycles. The molecule has 0 bridgehead atoms. The minimum Gasteiger partial charge on any atom is -0.322 e. The van der Waals surface area contributed by atoms with Crippen LogP contribution in [0.4, 0.5) is 0 Å². The second-order valence-electron chi connectivity index (χ2n) is 5.83. The van der Waals surface area contributed by atoms with Crippen molar-refractivity contribution in [2.45, 2.75) is 20.0 Å². The molecule has 2 aromatic carbocycles. The van der Waals surface area contributed by atoms with E-state index in [1.54, 1.807) is 0 Å². The maximum atomic E-state index is 4.79. The van der Waals surface area contributed by atoms with Gasteiger partial charge in [-0.05, 0) is 38.7 Å². The van der Waals surface area contributed by atoms with E-state index in [-0.39, 0.29) is 0 Å². The Kier molecular flexibility index (Phi) is 3.76. The molecule has 0 N–H and O–H groups in total. The average molecular weight is 279 g/mol. The van der Waals surface area contributed by atoms with E-state index in [0.29, 0.717) is 0 Å². The van der Waals surface area contributed by atoms with Crippen LogP contribution in [0.25, 0.3) is 11.0 Å². The Labute approximate surface area is 125 Å². The Hall–Kier alpha value is -2.13. The normalized spacial score (nSPS) is 11.4. The molecule has 1 aromatic heterocycles. The number of nitrogens with zero attached hydrogens (tertiary/aromatic N) is 3. The second-order valence-corrected chi connectivity index (χ2v) is 5.83. The minimum atomic E-state index is 0.848. The minimum absolute atomic E-state index is 0.848. The van der Waals surface area contributed by atoms with E-state index >= 15 is 0 Å². The Morgan fingerprint density at radius 2 is 1.71 bits per heavy atom. The molecular weight excluding hydrogens is 258 g/mol. The van der Waals surface area contributed by atoms with Gasteiger partial charge in [0.2, 0.25) is 0 Å². The van der Waals surface area contributed by atoms with E-state index in [1.807, 2.05) is 6.07 Å². The van der Waals surface area contributed by atoms with E-state index < -0.39 is 0 Å². The zero-order valence-electron chi connectivity index (χ0n) is 12.9. The van der Waals surface area contributed by atoms with Crippen molar-refractivity contribution in [3.8, 4) is 0 Å². The number of imidazole rings is 1. The van der Waals surface area contributed by atoms with Gasteiger partial charge in [-0.1, -0.05) is 42.0 Å². The van der Waals surface area contributed by atoms with Crippen LogP contribution in [-0.2, 0) is 13.1 Å². The zero-order chi connectivity index (χ0) is 14.8. The smallest absolute Gasteiger partial charge is 0.124 e. The Bertz CT molecular complexity index is 739. The summed E-state index contributed by atoms with van der Waals surface area (Å²) in [5.74, 6) is 1.11. The highest BCUT2D eigenvalue weighted by molar-refractivity contribution is 5.76. The Morgan fingerprint density at radius 1 is 1.00 bits per heavy atom. The zero-order valence-corrected chi connectivity index (χ0v) is 12.9. The van der Waals surface area contributed by atoms with Crippen molar-refractivity contribution in [1.82, 2.24) is 14.5 Å². The summed E-state index contributed by atoms with van der Waals surface area (Å²) in [5.41, 5.74) is 4.88. The van der Waals surface area contributed by atoms with Crippen LogP contribution < -0.4 is 0 Å². The van der Waals surface area contributed by atoms with Gasteiger partial charge in [0.1, 0.15) is 5.82 Å². The first kappa shape index (κ1) is 13.8. The second kappa shape index (κ2) is 5.70. The molecule has 0 radical (unpaired) electrons. The van der Waals surface area contributed by atoms with Gasteiger partial charge in [-0.15, -0.1) is 0 Å². The molecule has 3 nitrogen and oxygen atoms in total. The van der Waals surface area contributed by atoms with Crippen molar-refractivity contribution in [2.24, 2.45) is 0 Å². The maximum absolute atomic E-state index is 4.79. The van der Waals surface area contributed by atoms with Crippen LogP contribution in [0.3, 0.4) is 0 Å². The fraction of sp³-hybridized carbons (Fsp3) is 0.278. The summed E-state index contributed by atoms with van der Waals surface area (Å²) < 4.78 is 2.32. The fourth-order valence-corrected chi connectivity index (χ4v) is 2.58. The number of para-hydroxylation sites is 2. The molecular formula is C18H21N3. The summed E-state index contributed by atoms with van der Waals surface area (Å²) in [6.07, 6.45) is 0. The number of aromatic nitrogens is 2. The third-order valence-electron chi connectivity index (χ3n) is 3.65. The number of hydrogen-bond donors (Lipinski definition) is 0. The molecule has 108 valence electrons. The molecule has 0 spiro atoms. The van der Waals surface area contributed by atoms with E-state index in [1.165, 1.54) is 16.6 Å². The van der Waals surface area contributed by atoms with Gasteiger partial charge in [0, 0.05) is 6.54 Å². The van der Waals surface area contributed by atoms with Gasteiger partial charge in [-0.3, -0.25) is 0 Å². The van der Waals surface area contributed by atoms with Gasteiger partial charge in [0.25, 0.3) is 0 Å². The first-order chi connectivity index (χ1) is 10.1. The molecule has 21 heavy (non-hydrogen) atoms. The maximum Gasteiger partial charge on any atom is 0.124 e. The Balaban J connectivity index is 2.03. The van der Waals surface area contributed by atoms with Crippen LogP contribution >= 0.6 is 0 Å². The first-order valence-corrected chi connectivity index (χ1v) is 7.28. The summed E-state index contributed by atoms with van der Waals surface area (Å²) in [6.45, 7) is 3.83. The predicted octanol–water partition coefficient (Wildman–Crippen LogP) is 3.45. The van der Waals surface area contributed by atoms with Crippen LogP contribution in [-0.4, -0.2) is 28.5 Å². The standard InChI is InChI=1S/C18H21N3/c1-14-8-10-15(11-9-14)12-21-17-7-5-4-6-16(17)19-18(21)13-20(2)3/h4-11H,12-13H2,1-3H3. The van der Waals surface area contributed by atoms with Crippen molar-refractivity contribution < 1.29 is 0 Å². The van der Waals surface area contributed by atoms with Crippen molar-refractivity contribution in [2.75, 3.05) is 14.1 Å². The highest BCUT2D eigenvalue weighted by atomic mass is 15.2. The lowest BCUT2D eigenvalue weighted by Gasteiger charge is -2.13. The van der Waals surface area contributed by atoms with Gasteiger partial charge in [0.15, 0.2) is 0 Å². The van der Waals surface area contributed by atoms with Crippen molar-refractivity contribution in [1.29, 1.82) is 0 Å². The number of rotatable bonds is 4. The van der Waals surface area contributed by atoms with Gasteiger partial charge in [0.05, 0.1) is 17.6 Å². The van der Waals surface area contributed by atoms with Crippen LogP contribution in [0.15, 0.2) is 48.5 Å². The lowest BCUT2D eigenvalue weighted by atomic mass is 10.1. The van der Waals surface area contributed by atoms with Crippen LogP contribution in [0.5, 0.6) is 0 Å². The SMILES string of the molecule is Cc1ccc(Cn2c(CN(C)C)nc3ccccc32)cc1. The summed E-state index contributed by atoms with van der Waals surface area (Å²) in [4.78, 5) is 6.95.